The van der Waals surface area contributed by atoms with E-state index in [0.717, 1.165) is 12.8 Å². The highest BCUT2D eigenvalue weighted by Gasteiger charge is 1.82. The zero-order valence-corrected chi connectivity index (χ0v) is 5.84. The van der Waals surface area contributed by atoms with E-state index in [9.17, 15) is 0 Å². The molecule has 0 bridgehead atoms. The van der Waals surface area contributed by atoms with Crippen LogP contribution in [-0.2, 0) is 0 Å². The Morgan fingerprint density at radius 1 is 1.00 bits per heavy atom. The monoisotopic (exact) mass is 126 g/mol. The average molecular weight is 126 g/mol. The summed E-state index contributed by atoms with van der Waals surface area (Å²) < 4.78 is 13.5. The Hall–Kier alpha value is -0.520. The number of allylic oxidation sites excluding steroid dienone is 2. The summed E-state index contributed by atoms with van der Waals surface area (Å²) in [5, 5.41) is 0. The molecule has 0 amide bonds. The maximum atomic E-state index is 6.73. The number of rotatable bonds is 6. The van der Waals surface area contributed by atoms with E-state index in [1.807, 2.05) is 12.2 Å². The summed E-state index contributed by atoms with van der Waals surface area (Å²) in [5.41, 5.74) is 0. The van der Waals surface area contributed by atoms with Gasteiger partial charge < -0.3 is 0 Å². The van der Waals surface area contributed by atoms with Crippen molar-refractivity contribution in [3.05, 3.63) is 25.3 Å². The van der Waals surface area contributed by atoms with Gasteiger partial charge in [-0.2, -0.15) is 0 Å². The van der Waals surface area contributed by atoms with Crippen molar-refractivity contribution in [1.82, 2.24) is 0 Å². The topological polar surface area (TPSA) is 0 Å². The van der Waals surface area contributed by atoms with Crippen LogP contribution in [0.1, 0.15) is 34.8 Å². The van der Waals surface area contributed by atoms with Crippen LogP contribution in [0, 0.1) is 0 Å². The third-order valence-corrected chi connectivity index (χ3v) is 1.24. The van der Waals surface area contributed by atoms with Crippen molar-refractivity contribution in [2.75, 3.05) is 0 Å². The van der Waals surface area contributed by atoms with Crippen LogP contribution in [0.5, 0.6) is 0 Å². The first-order valence-electron chi connectivity index (χ1n) is 4.64. The molecule has 0 unspecified atom stereocenters. The first kappa shape index (κ1) is 5.28. The fourth-order valence-corrected chi connectivity index (χ4v) is 0.701. The number of hydrogen-bond donors (Lipinski definition) is 0. The molecule has 0 saturated heterocycles. The van der Waals surface area contributed by atoms with Gasteiger partial charge in [0.1, 0.15) is 0 Å². The highest BCUT2D eigenvalue weighted by Crippen LogP contribution is 2.02. The van der Waals surface area contributed by atoms with Crippen molar-refractivity contribution in [3.63, 3.8) is 0 Å². The highest BCUT2D eigenvalue weighted by atomic mass is 13.9. The van der Waals surface area contributed by atoms with Gasteiger partial charge in [-0.15, -0.1) is 13.1 Å². The van der Waals surface area contributed by atoms with Crippen LogP contribution in [0.25, 0.3) is 0 Å². The first-order valence-corrected chi connectivity index (χ1v) is 3.48. The van der Waals surface area contributed by atoms with Gasteiger partial charge in [-0.25, -0.2) is 0 Å². The van der Waals surface area contributed by atoms with Gasteiger partial charge in [0.15, 0.2) is 0 Å². The average Bonchev–Trinajstić information content (AvgIpc) is 2.03. The van der Waals surface area contributed by atoms with E-state index in [2.05, 4.69) is 0 Å². The summed E-state index contributed by atoms with van der Waals surface area (Å²) in [5.74, 6) is 0. The highest BCUT2D eigenvalue weighted by molar-refractivity contribution is 4.68. The summed E-state index contributed by atoms with van der Waals surface area (Å²) in [7, 11) is 0. The van der Waals surface area contributed by atoms with Crippen molar-refractivity contribution in [3.8, 4) is 0 Å². The smallest absolute Gasteiger partial charge is 0.0534 e. The van der Waals surface area contributed by atoms with Gasteiger partial charge in [-0.3, -0.25) is 0 Å². The molecule has 0 aromatic rings. The molecule has 0 aliphatic heterocycles. The van der Waals surface area contributed by atoms with E-state index in [1.54, 1.807) is 0 Å². The second-order valence-corrected chi connectivity index (χ2v) is 2.11. The molecule has 0 fully saturated rings. The maximum Gasteiger partial charge on any atom is 0.0534 e. The van der Waals surface area contributed by atoms with Crippen molar-refractivity contribution in [2.45, 2.75) is 32.1 Å². The van der Waals surface area contributed by atoms with Crippen molar-refractivity contribution in [2.24, 2.45) is 0 Å². The molecule has 0 aliphatic rings. The Morgan fingerprint density at radius 2 is 1.56 bits per heavy atom. The minimum Gasteiger partial charge on any atom is -0.103 e. The maximum absolute atomic E-state index is 6.73. The lowest BCUT2D eigenvalue weighted by atomic mass is 10.1. The summed E-state index contributed by atoms with van der Waals surface area (Å²) in [6.07, 6.45) is 9.33. The van der Waals surface area contributed by atoms with Gasteiger partial charge in [0.25, 0.3) is 0 Å². The zero-order valence-electron chi connectivity index (χ0n) is 7.84. The van der Waals surface area contributed by atoms with Crippen molar-refractivity contribution < 1.29 is 2.74 Å². The van der Waals surface area contributed by atoms with Crippen LogP contribution in [0.3, 0.4) is 0 Å². The standard InChI is InChI=1S/C9H16/c1-3-5-7-9-8-6-4-2/h3-4H,1-2,5-9H2/i1D,2D. The van der Waals surface area contributed by atoms with E-state index in [4.69, 9.17) is 2.74 Å². The summed E-state index contributed by atoms with van der Waals surface area (Å²) >= 11 is 0. The molecular weight excluding hydrogens is 108 g/mol. The molecule has 0 atom stereocenters. The molecule has 0 radical (unpaired) electrons. The third kappa shape index (κ3) is 7.48. The second kappa shape index (κ2) is 7.48. The molecule has 0 aliphatic carbocycles. The molecule has 9 heavy (non-hydrogen) atoms. The van der Waals surface area contributed by atoms with Crippen LogP contribution in [0.2, 0.25) is 0 Å². The van der Waals surface area contributed by atoms with E-state index < -0.39 is 0 Å². The number of unbranched alkanes of at least 4 members (excludes halogenated alkanes) is 4. The van der Waals surface area contributed by atoms with Gasteiger partial charge in [-0.05, 0) is 25.7 Å². The predicted molar refractivity (Wildman–Crippen MR) is 43.5 cm³/mol. The Bertz CT molecular complexity index is 103. The summed E-state index contributed by atoms with van der Waals surface area (Å²) in [4.78, 5) is 0. The van der Waals surface area contributed by atoms with E-state index in [0.29, 0.717) is 0 Å². The van der Waals surface area contributed by atoms with Crippen LogP contribution in [-0.4, -0.2) is 0 Å². The quantitative estimate of drug-likeness (QED) is 0.378. The molecule has 0 aromatic carbocycles. The lowest BCUT2D eigenvalue weighted by molar-refractivity contribution is 0.697. The molecule has 0 N–H and O–H groups in total. The lowest BCUT2D eigenvalue weighted by Crippen LogP contribution is -1.72. The molecule has 0 rings (SSSR count). The van der Waals surface area contributed by atoms with Gasteiger partial charge >= 0.3 is 0 Å². The van der Waals surface area contributed by atoms with Crippen molar-refractivity contribution >= 4 is 0 Å². The minimum atomic E-state index is 1.02. The van der Waals surface area contributed by atoms with Crippen LogP contribution < -0.4 is 0 Å². The number of hydrogen-bond acceptors (Lipinski definition) is 0. The van der Waals surface area contributed by atoms with E-state index in [1.165, 1.54) is 32.4 Å². The Morgan fingerprint density at radius 3 is 2.00 bits per heavy atom. The zero-order chi connectivity index (χ0) is 8.36. The van der Waals surface area contributed by atoms with Crippen molar-refractivity contribution in [1.29, 1.82) is 0 Å². The van der Waals surface area contributed by atoms with Gasteiger partial charge in [0.2, 0.25) is 0 Å². The van der Waals surface area contributed by atoms with Gasteiger partial charge in [-0.1, -0.05) is 18.6 Å². The summed E-state index contributed by atoms with van der Waals surface area (Å²) in [6.45, 7) is 2.70. The van der Waals surface area contributed by atoms with Crippen LogP contribution in [0.15, 0.2) is 25.3 Å². The van der Waals surface area contributed by atoms with Crippen LogP contribution in [0.4, 0.5) is 0 Å². The summed E-state index contributed by atoms with van der Waals surface area (Å²) in [6, 6.07) is 0. The molecule has 0 nitrogen and oxygen atoms in total. The van der Waals surface area contributed by atoms with Gasteiger partial charge in [0.05, 0.1) is 2.74 Å². The molecule has 0 spiro atoms. The third-order valence-electron chi connectivity index (χ3n) is 1.24. The molecule has 0 saturated carbocycles. The normalized spacial score (nSPS) is 14.7. The Kier molecular flexibility index (Phi) is 4.39. The SMILES string of the molecule is [2H]C=CCCCCCC=C[2H]. The molecule has 0 heteroatoms. The lowest BCUT2D eigenvalue weighted by Gasteiger charge is -1.92. The van der Waals surface area contributed by atoms with E-state index >= 15 is 0 Å². The fraction of sp³-hybridized carbons (Fsp3) is 0.556. The largest absolute Gasteiger partial charge is 0.103 e. The van der Waals surface area contributed by atoms with Gasteiger partial charge in [0, 0.05) is 0 Å². The molecule has 52 valence electrons. The Labute approximate surface area is 61.1 Å². The van der Waals surface area contributed by atoms with Crippen LogP contribution >= 0.6 is 0 Å². The van der Waals surface area contributed by atoms with E-state index in [-0.39, 0.29) is 0 Å². The molecule has 0 heterocycles. The first-order chi connectivity index (χ1) is 5.41. The molecule has 0 aromatic heterocycles. The predicted octanol–water partition coefficient (Wildman–Crippen LogP) is 3.31. The Balaban J connectivity index is 2.90. The minimum absolute atomic E-state index is 1.02. The molecular formula is C9H16. The second-order valence-electron chi connectivity index (χ2n) is 2.11. The fourth-order valence-electron chi connectivity index (χ4n) is 0.701.